The fourth-order valence-corrected chi connectivity index (χ4v) is 4.16. The second-order valence-electron chi connectivity index (χ2n) is 8.78. The Morgan fingerprint density at radius 3 is 2.20 bits per heavy atom. The standard InChI is InChI=1S/C25H24N4O6/c30-22(28-10-12-29(13-11-28)23(31)25(34)8-9-25)17-6-4-16(5-7-17)18-2-1-3-19(14-18)20-15-21(35-27-20)26-24(32)33/h1-7,14-15,26,34H,8-13H2,(H,32,33). The fourth-order valence-electron chi connectivity index (χ4n) is 4.16. The maximum absolute atomic E-state index is 13.0. The summed E-state index contributed by atoms with van der Waals surface area (Å²) in [5.74, 6) is -0.283. The van der Waals surface area contributed by atoms with Crippen molar-refractivity contribution in [1.29, 1.82) is 0 Å². The van der Waals surface area contributed by atoms with Gasteiger partial charge in [-0.05, 0) is 42.2 Å². The number of carboxylic acid groups (broad SMARTS) is 1. The van der Waals surface area contributed by atoms with E-state index >= 15 is 0 Å². The van der Waals surface area contributed by atoms with Crippen LogP contribution in [0.25, 0.3) is 22.4 Å². The Hall–Kier alpha value is -4.18. The number of piperazine rings is 1. The van der Waals surface area contributed by atoms with Crippen molar-refractivity contribution in [2.75, 3.05) is 31.5 Å². The number of hydrogen-bond donors (Lipinski definition) is 3. The lowest BCUT2D eigenvalue weighted by Gasteiger charge is -2.35. The number of aromatic nitrogens is 1. The van der Waals surface area contributed by atoms with E-state index in [4.69, 9.17) is 9.63 Å². The van der Waals surface area contributed by atoms with Crippen LogP contribution in [-0.2, 0) is 4.79 Å². The van der Waals surface area contributed by atoms with Crippen LogP contribution in [0, 0.1) is 0 Å². The van der Waals surface area contributed by atoms with Gasteiger partial charge in [-0.1, -0.05) is 35.5 Å². The fraction of sp³-hybridized carbons (Fsp3) is 0.280. The van der Waals surface area contributed by atoms with Crippen molar-refractivity contribution >= 4 is 23.8 Å². The van der Waals surface area contributed by atoms with E-state index in [1.807, 2.05) is 36.4 Å². The minimum absolute atomic E-state index is 0.0365. The first-order valence-corrected chi connectivity index (χ1v) is 11.3. The molecule has 0 bridgehead atoms. The van der Waals surface area contributed by atoms with E-state index in [0.717, 1.165) is 16.7 Å². The minimum atomic E-state index is -1.23. The number of carbonyl (C=O) groups is 3. The van der Waals surface area contributed by atoms with Gasteiger partial charge in [0.05, 0.1) is 0 Å². The molecular formula is C25H24N4O6. The van der Waals surface area contributed by atoms with Crippen LogP contribution < -0.4 is 5.32 Å². The highest BCUT2D eigenvalue weighted by Crippen LogP contribution is 2.37. The number of carbonyl (C=O) groups excluding carboxylic acids is 2. The summed E-state index contributed by atoms with van der Waals surface area (Å²) >= 11 is 0. The lowest BCUT2D eigenvalue weighted by molar-refractivity contribution is -0.143. The number of nitrogens with zero attached hydrogens (tertiary/aromatic N) is 3. The predicted molar refractivity (Wildman–Crippen MR) is 126 cm³/mol. The number of anilines is 1. The van der Waals surface area contributed by atoms with Gasteiger partial charge in [0.2, 0.25) is 5.88 Å². The van der Waals surface area contributed by atoms with E-state index in [1.165, 1.54) is 6.07 Å². The summed E-state index contributed by atoms with van der Waals surface area (Å²) in [4.78, 5) is 39.4. The molecule has 1 saturated heterocycles. The third-order valence-corrected chi connectivity index (χ3v) is 6.34. The zero-order chi connectivity index (χ0) is 24.6. The molecule has 180 valence electrons. The molecule has 1 saturated carbocycles. The van der Waals surface area contributed by atoms with E-state index in [-0.39, 0.29) is 17.7 Å². The van der Waals surface area contributed by atoms with Crippen molar-refractivity contribution in [3.05, 3.63) is 60.2 Å². The molecule has 2 aliphatic rings. The van der Waals surface area contributed by atoms with E-state index < -0.39 is 11.7 Å². The molecule has 2 aromatic carbocycles. The van der Waals surface area contributed by atoms with Crippen molar-refractivity contribution in [3.63, 3.8) is 0 Å². The third kappa shape index (κ3) is 4.73. The van der Waals surface area contributed by atoms with Gasteiger partial charge in [0.1, 0.15) is 11.3 Å². The van der Waals surface area contributed by atoms with Gasteiger partial charge in [0.25, 0.3) is 11.8 Å². The van der Waals surface area contributed by atoms with E-state index in [9.17, 15) is 19.5 Å². The highest BCUT2D eigenvalue weighted by atomic mass is 16.5. The molecule has 3 amide bonds. The van der Waals surface area contributed by atoms with Gasteiger partial charge in [-0.25, -0.2) is 4.79 Å². The topological polar surface area (TPSA) is 136 Å². The average molecular weight is 476 g/mol. The van der Waals surface area contributed by atoms with E-state index in [0.29, 0.717) is 50.3 Å². The lowest BCUT2D eigenvalue weighted by Crippen LogP contribution is -2.53. The smallest absolute Gasteiger partial charge is 0.411 e. The van der Waals surface area contributed by atoms with Crippen molar-refractivity contribution in [3.8, 4) is 22.4 Å². The van der Waals surface area contributed by atoms with Crippen LogP contribution in [0.4, 0.5) is 10.7 Å². The molecule has 10 nitrogen and oxygen atoms in total. The van der Waals surface area contributed by atoms with Crippen LogP contribution in [0.5, 0.6) is 0 Å². The highest BCUT2D eigenvalue weighted by Gasteiger charge is 2.50. The Balaban J connectivity index is 1.24. The molecule has 3 N–H and O–H groups in total. The number of amides is 3. The summed E-state index contributed by atoms with van der Waals surface area (Å²) in [6, 6.07) is 16.3. The SMILES string of the molecule is O=C(O)Nc1cc(-c2cccc(-c3ccc(C(=O)N4CCN(C(=O)C5(O)CC5)CC4)cc3)c2)no1. The lowest BCUT2D eigenvalue weighted by atomic mass is 10.0. The van der Waals surface area contributed by atoms with Gasteiger partial charge >= 0.3 is 6.09 Å². The molecular weight excluding hydrogens is 452 g/mol. The van der Waals surface area contributed by atoms with Crippen molar-refractivity contribution < 1.29 is 29.1 Å². The summed E-state index contributed by atoms with van der Waals surface area (Å²) in [6.45, 7) is 1.70. The van der Waals surface area contributed by atoms with Crippen LogP contribution in [-0.4, -0.2) is 74.9 Å². The third-order valence-electron chi connectivity index (χ3n) is 6.34. The molecule has 1 aromatic heterocycles. The maximum Gasteiger partial charge on any atom is 0.411 e. The number of benzene rings is 2. The van der Waals surface area contributed by atoms with Gasteiger partial charge in [-0.2, -0.15) is 0 Å². The normalized spacial score (nSPS) is 16.6. The molecule has 0 unspecified atom stereocenters. The monoisotopic (exact) mass is 476 g/mol. The molecule has 0 spiro atoms. The molecule has 0 radical (unpaired) electrons. The summed E-state index contributed by atoms with van der Waals surface area (Å²) in [6.07, 6.45) is -0.202. The first-order valence-electron chi connectivity index (χ1n) is 11.3. The van der Waals surface area contributed by atoms with Crippen LogP contribution >= 0.6 is 0 Å². The molecule has 5 rings (SSSR count). The Morgan fingerprint density at radius 1 is 0.886 bits per heavy atom. The Morgan fingerprint density at radius 2 is 1.54 bits per heavy atom. The second kappa shape index (κ2) is 8.88. The summed E-state index contributed by atoms with van der Waals surface area (Å²) in [5, 5.41) is 24.9. The molecule has 0 atom stereocenters. The zero-order valence-corrected chi connectivity index (χ0v) is 18.8. The Labute approximate surface area is 200 Å². The van der Waals surface area contributed by atoms with Crippen LogP contribution in [0.15, 0.2) is 59.1 Å². The van der Waals surface area contributed by atoms with Gasteiger partial charge in [0, 0.05) is 43.4 Å². The van der Waals surface area contributed by atoms with Gasteiger partial charge < -0.3 is 24.5 Å². The van der Waals surface area contributed by atoms with Crippen molar-refractivity contribution in [2.24, 2.45) is 0 Å². The predicted octanol–water partition coefficient (Wildman–Crippen LogP) is 2.91. The molecule has 1 aliphatic carbocycles. The largest absolute Gasteiger partial charge is 0.465 e. The first-order chi connectivity index (χ1) is 16.8. The Kier molecular flexibility index (Phi) is 5.73. The van der Waals surface area contributed by atoms with Crippen LogP contribution in [0.2, 0.25) is 0 Å². The molecule has 2 heterocycles. The molecule has 2 fully saturated rings. The molecule has 10 heteroatoms. The molecule has 3 aromatic rings. The van der Waals surface area contributed by atoms with Crippen LogP contribution in [0.1, 0.15) is 23.2 Å². The Bertz CT molecular complexity index is 1270. The van der Waals surface area contributed by atoms with Crippen LogP contribution in [0.3, 0.4) is 0 Å². The second-order valence-corrected chi connectivity index (χ2v) is 8.78. The number of nitrogens with one attached hydrogen (secondary N) is 1. The van der Waals surface area contributed by atoms with Gasteiger partial charge in [0.15, 0.2) is 0 Å². The number of hydrogen-bond acceptors (Lipinski definition) is 6. The van der Waals surface area contributed by atoms with Gasteiger partial charge in [-0.15, -0.1) is 0 Å². The summed E-state index contributed by atoms with van der Waals surface area (Å²) in [5.41, 5.74) is 2.45. The number of aliphatic hydroxyl groups is 1. The zero-order valence-electron chi connectivity index (χ0n) is 18.8. The quantitative estimate of drug-likeness (QED) is 0.515. The van der Waals surface area contributed by atoms with Gasteiger partial charge in [-0.3, -0.25) is 14.9 Å². The summed E-state index contributed by atoms with van der Waals surface area (Å²) < 4.78 is 5.00. The van der Waals surface area contributed by atoms with E-state index in [1.54, 1.807) is 21.9 Å². The van der Waals surface area contributed by atoms with E-state index in [2.05, 4.69) is 10.5 Å². The highest BCUT2D eigenvalue weighted by molar-refractivity contribution is 5.95. The first kappa shape index (κ1) is 22.6. The average Bonchev–Trinajstić information content (AvgIpc) is 3.46. The molecule has 35 heavy (non-hydrogen) atoms. The number of rotatable bonds is 5. The maximum atomic E-state index is 13.0. The minimum Gasteiger partial charge on any atom is -0.465 e. The van der Waals surface area contributed by atoms with Crippen molar-refractivity contribution in [1.82, 2.24) is 15.0 Å². The van der Waals surface area contributed by atoms with Crippen molar-refractivity contribution in [2.45, 2.75) is 18.4 Å². The summed E-state index contributed by atoms with van der Waals surface area (Å²) in [7, 11) is 0. The molecule has 1 aliphatic heterocycles.